The molecule has 1 saturated carbocycles. The summed E-state index contributed by atoms with van der Waals surface area (Å²) in [6, 6.07) is 0. The average Bonchev–Trinajstić information content (AvgIpc) is 3.02. The fraction of sp³-hybridized carbons (Fsp3) is 1.00. The molecule has 3 heteroatoms. The van der Waals surface area contributed by atoms with E-state index in [0.29, 0.717) is 5.41 Å². The Morgan fingerprint density at radius 3 is 2.13 bits per heavy atom. The Morgan fingerprint density at radius 2 is 1.67 bits per heavy atom. The molecule has 1 heterocycles. The maximum Gasteiger partial charge on any atom is 0.0110 e. The maximum atomic E-state index is 5.82. The molecule has 0 unspecified atom stereocenters. The summed E-state index contributed by atoms with van der Waals surface area (Å²) in [4.78, 5) is 5.20. The summed E-state index contributed by atoms with van der Waals surface area (Å²) in [6.45, 7) is 10.7. The molecule has 88 valence electrons. The number of nitrogens with two attached hydrogens (primary N) is 1. The second kappa shape index (κ2) is 4.81. The van der Waals surface area contributed by atoms with Crippen LogP contribution in [0.3, 0.4) is 0 Å². The lowest BCUT2D eigenvalue weighted by Gasteiger charge is -2.36. The number of hydrogen-bond acceptors (Lipinski definition) is 3. The molecular formula is C12H25N3. The minimum absolute atomic E-state index is 0.521. The molecule has 2 aliphatic rings. The molecule has 1 aliphatic heterocycles. The summed E-state index contributed by atoms with van der Waals surface area (Å²) in [5.74, 6) is 0. The van der Waals surface area contributed by atoms with Crippen molar-refractivity contribution in [3.05, 3.63) is 0 Å². The zero-order valence-electron chi connectivity index (χ0n) is 10.0. The fourth-order valence-electron chi connectivity index (χ4n) is 2.57. The maximum absolute atomic E-state index is 5.82. The zero-order valence-corrected chi connectivity index (χ0v) is 10.0. The van der Waals surface area contributed by atoms with Crippen molar-refractivity contribution in [1.82, 2.24) is 9.80 Å². The minimum Gasteiger partial charge on any atom is -0.330 e. The highest BCUT2D eigenvalue weighted by molar-refractivity contribution is 4.96. The monoisotopic (exact) mass is 211 g/mol. The molecule has 0 spiro atoms. The molecule has 0 aromatic rings. The van der Waals surface area contributed by atoms with Gasteiger partial charge in [-0.3, -0.25) is 0 Å². The van der Waals surface area contributed by atoms with Crippen LogP contribution in [-0.4, -0.2) is 55.6 Å². The standard InChI is InChI=1S/C12H25N3/c1-2-5-14-6-8-15(9-7-14)11-12(10-13)3-4-12/h2-11,13H2,1H3. The predicted octanol–water partition coefficient (Wildman–Crippen LogP) is 0.753. The predicted molar refractivity (Wildman–Crippen MR) is 63.9 cm³/mol. The van der Waals surface area contributed by atoms with Gasteiger partial charge in [0.05, 0.1) is 0 Å². The van der Waals surface area contributed by atoms with Crippen molar-refractivity contribution in [3.8, 4) is 0 Å². The summed E-state index contributed by atoms with van der Waals surface area (Å²) in [5.41, 5.74) is 6.34. The van der Waals surface area contributed by atoms with Crippen LogP contribution in [0.15, 0.2) is 0 Å². The lowest BCUT2D eigenvalue weighted by molar-refractivity contribution is 0.114. The smallest absolute Gasteiger partial charge is 0.0110 e. The van der Waals surface area contributed by atoms with Gasteiger partial charge < -0.3 is 15.5 Å². The summed E-state index contributed by atoms with van der Waals surface area (Å²) in [7, 11) is 0. The Balaban J connectivity index is 1.69. The van der Waals surface area contributed by atoms with Crippen LogP contribution in [0.4, 0.5) is 0 Å². The molecule has 1 saturated heterocycles. The number of nitrogens with zero attached hydrogens (tertiary/aromatic N) is 2. The normalized spacial score (nSPS) is 26.8. The van der Waals surface area contributed by atoms with Crippen molar-refractivity contribution < 1.29 is 0 Å². The van der Waals surface area contributed by atoms with E-state index < -0.39 is 0 Å². The quantitative estimate of drug-likeness (QED) is 0.728. The average molecular weight is 211 g/mol. The number of rotatable bonds is 5. The van der Waals surface area contributed by atoms with E-state index in [0.717, 1.165) is 6.54 Å². The minimum atomic E-state index is 0.521. The van der Waals surface area contributed by atoms with Crippen molar-refractivity contribution in [2.75, 3.05) is 45.8 Å². The Labute approximate surface area is 93.6 Å². The second-order valence-corrected chi connectivity index (χ2v) is 5.32. The van der Waals surface area contributed by atoms with Crippen LogP contribution < -0.4 is 5.73 Å². The topological polar surface area (TPSA) is 32.5 Å². The summed E-state index contributed by atoms with van der Waals surface area (Å²) >= 11 is 0. The highest BCUT2D eigenvalue weighted by Gasteiger charge is 2.42. The van der Waals surface area contributed by atoms with E-state index >= 15 is 0 Å². The van der Waals surface area contributed by atoms with Crippen molar-refractivity contribution >= 4 is 0 Å². The molecule has 2 rings (SSSR count). The summed E-state index contributed by atoms with van der Waals surface area (Å²) < 4.78 is 0. The molecule has 1 aliphatic carbocycles. The SMILES string of the molecule is CCCN1CCN(CC2(CN)CC2)CC1. The van der Waals surface area contributed by atoms with E-state index in [4.69, 9.17) is 5.73 Å². The highest BCUT2D eigenvalue weighted by atomic mass is 15.3. The molecule has 0 aromatic heterocycles. The van der Waals surface area contributed by atoms with Gasteiger partial charge in [-0.2, -0.15) is 0 Å². The van der Waals surface area contributed by atoms with Crippen LogP contribution in [0, 0.1) is 5.41 Å². The van der Waals surface area contributed by atoms with Crippen LogP contribution in [-0.2, 0) is 0 Å². The lowest BCUT2D eigenvalue weighted by atomic mass is 10.1. The van der Waals surface area contributed by atoms with Gasteiger partial charge >= 0.3 is 0 Å². The summed E-state index contributed by atoms with van der Waals surface area (Å²) in [5, 5.41) is 0. The van der Waals surface area contributed by atoms with Crippen molar-refractivity contribution in [3.63, 3.8) is 0 Å². The third-order valence-electron chi connectivity index (χ3n) is 3.95. The Bertz CT molecular complexity index is 193. The van der Waals surface area contributed by atoms with Gasteiger partial charge in [-0.1, -0.05) is 6.92 Å². The molecule has 0 atom stereocenters. The van der Waals surface area contributed by atoms with Crippen LogP contribution >= 0.6 is 0 Å². The Kier molecular flexibility index (Phi) is 3.65. The lowest BCUT2D eigenvalue weighted by Crippen LogP contribution is -2.48. The third kappa shape index (κ3) is 2.92. The Morgan fingerprint density at radius 1 is 1.07 bits per heavy atom. The highest BCUT2D eigenvalue weighted by Crippen LogP contribution is 2.45. The molecule has 0 bridgehead atoms. The molecule has 15 heavy (non-hydrogen) atoms. The van der Waals surface area contributed by atoms with Crippen LogP contribution in [0.2, 0.25) is 0 Å². The third-order valence-corrected chi connectivity index (χ3v) is 3.95. The van der Waals surface area contributed by atoms with Gasteiger partial charge in [-0.25, -0.2) is 0 Å². The number of piperazine rings is 1. The van der Waals surface area contributed by atoms with Gasteiger partial charge in [0.15, 0.2) is 0 Å². The fourth-order valence-corrected chi connectivity index (χ4v) is 2.57. The van der Waals surface area contributed by atoms with E-state index in [1.54, 1.807) is 0 Å². The zero-order chi connectivity index (χ0) is 10.7. The molecule has 0 amide bonds. The molecule has 3 nitrogen and oxygen atoms in total. The molecular weight excluding hydrogens is 186 g/mol. The van der Waals surface area contributed by atoms with Crippen molar-refractivity contribution in [2.45, 2.75) is 26.2 Å². The van der Waals surface area contributed by atoms with Crippen molar-refractivity contribution in [1.29, 1.82) is 0 Å². The van der Waals surface area contributed by atoms with Crippen LogP contribution in [0.5, 0.6) is 0 Å². The number of hydrogen-bond donors (Lipinski definition) is 1. The van der Waals surface area contributed by atoms with E-state index in [9.17, 15) is 0 Å². The first kappa shape index (κ1) is 11.4. The van der Waals surface area contributed by atoms with Gasteiger partial charge in [0.1, 0.15) is 0 Å². The van der Waals surface area contributed by atoms with E-state index in [-0.39, 0.29) is 0 Å². The molecule has 0 aromatic carbocycles. The molecule has 0 radical (unpaired) electrons. The van der Waals surface area contributed by atoms with E-state index in [1.807, 2.05) is 0 Å². The van der Waals surface area contributed by atoms with Crippen molar-refractivity contribution in [2.24, 2.45) is 11.1 Å². The van der Waals surface area contributed by atoms with Crippen LogP contribution in [0.1, 0.15) is 26.2 Å². The first-order valence-corrected chi connectivity index (χ1v) is 6.43. The second-order valence-electron chi connectivity index (χ2n) is 5.32. The summed E-state index contributed by atoms with van der Waals surface area (Å²) in [6.07, 6.45) is 4.00. The van der Waals surface area contributed by atoms with Crippen LogP contribution in [0.25, 0.3) is 0 Å². The Hall–Kier alpha value is -0.120. The first-order valence-electron chi connectivity index (χ1n) is 6.43. The first-order chi connectivity index (χ1) is 7.28. The van der Waals surface area contributed by atoms with Gasteiger partial charge in [-0.15, -0.1) is 0 Å². The largest absolute Gasteiger partial charge is 0.330 e. The molecule has 2 N–H and O–H groups in total. The van der Waals surface area contributed by atoms with E-state index in [2.05, 4.69) is 16.7 Å². The van der Waals surface area contributed by atoms with Gasteiger partial charge in [-0.05, 0) is 37.8 Å². The van der Waals surface area contributed by atoms with E-state index in [1.165, 1.54) is 58.5 Å². The van der Waals surface area contributed by atoms with Gasteiger partial charge in [0, 0.05) is 32.7 Å². The van der Waals surface area contributed by atoms with Gasteiger partial charge in [0.2, 0.25) is 0 Å². The molecule has 2 fully saturated rings. The van der Waals surface area contributed by atoms with Gasteiger partial charge in [0.25, 0.3) is 0 Å².